The summed E-state index contributed by atoms with van der Waals surface area (Å²) in [6, 6.07) is 21.9. The Morgan fingerprint density at radius 3 is 2.00 bits per heavy atom. The molecule has 0 nitrogen and oxygen atoms in total. The number of allylic oxidation sites excluding steroid dienone is 2. The molecule has 2 heteroatoms. The zero-order chi connectivity index (χ0) is 16.2. The van der Waals surface area contributed by atoms with Crippen LogP contribution in [0, 0.1) is 17.3 Å². The van der Waals surface area contributed by atoms with Crippen LogP contribution in [0.4, 0.5) is 0 Å². The molecule has 0 spiro atoms. The number of benzene rings is 2. The Morgan fingerprint density at radius 2 is 1.39 bits per heavy atom. The van der Waals surface area contributed by atoms with Crippen molar-refractivity contribution >= 4 is 37.4 Å². The average Bonchev–Trinajstić information content (AvgIpc) is 2.93. The molecule has 0 radical (unpaired) electrons. The zero-order valence-electron chi connectivity index (χ0n) is 13.3. The predicted octanol–water partition coefficient (Wildman–Crippen LogP) is 6.63. The maximum absolute atomic E-state index is 4.05. The number of alkyl halides is 1. The van der Waals surface area contributed by atoms with Gasteiger partial charge in [0.15, 0.2) is 0 Å². The van der Waals surface area contributed by atoms with E-state index in [4.69, 9.17) is 0 Å². The molecule has 0 unspecified atom stereocenters. The molecule has 0 amide bonds. The van der Waals surface area contributed by atoms with Crippen LogP contribution < -0.4 is 0 Å². The fraction of sp³-hybridized carbons (Fsp3) is 0.333. The minimum absolute atomic E-state index is 0.225. The highest BCUT2D eigenvalue weighted by atomic mass is 79.9. The summed E-state index contributed by atoms with van der Waals surface area (Å²) < 4.78 is 1.39. The number of rotatable bonds is 2. The van der Waals surface area contributed by atoms with Gasteiger partial charge in [-0.3, -0.25) is 0 Å². The first-order valence-corrected chi connectivity index (χ1v) is 9.88. The van der Waals surface area contributed by atoms with Gasteiger partial charge < -0.3 is 0 Å². The third kappa shape index (κ3) is 2.21. The Bertz CT molecular complexity index is 746. The third-order valence-corrected chi connectivity index (χ3v) is 7.78. The van der Waals surface area contributed by atoms with Gasteiger partial charge in [-0.05, 0) is 28.0 Å². The van der Waals surface area contributed by atoms with Gasteiger partial charge in [0.2, 0.25) is 0 Å². The minimum atomic E-state index is 0.225. The SMILES string of the molecule is CC1(C)[C@H](c2ccccc2)[C@H]2C(Br)=C(c3ccccc3)[C@H]1[C@H]2Br. The van der Waals surface area contributed by atoms with Gasteiger partial charge in [-0.25, -0.2) is 0 Å². The Morgan fingerprint density at radius 1 is 0.826 bits per heavy atom. The normalized spacial score (nSPS) is 31.7. The van der Waals surface area contributed by atoms with E-state index in [0.717, 1.165) is 0 Å². The molecule has 2 aliphatic rings. The van der Waals surface area contributed by atoms with Crippen LogP contribution in [0.25, 0.3) is 5.57 Å². The lowest BCUT2D eigenvalue weighted by Gasteiger charge is -2.40. The van der Waals surface area contributed by atoms with E-state index in [0.29, 0.717) is 22.6 Å². The molecule has 2 bridgehead atoms. The molecule has 0 aromatic heterocycles. The standard InChI is InChI=1S/C21H20Br2/c1-21(2)17(14-11-7-4-8-12-14)16-19(22)15(18(21)20(16)23)13-9-5-3-6-10-13/h3-12,16-18,20H,1-2H3/t16-,17+,18-,20-/m0/s1. The van der Waals surface area contributed by atoms with E-state index in [2.05, 4.69) is 106 Å². The van der Waals surface area contributed by atoms with E-state index in [1.54, 1.807) is 0 Å². The number of halogens is 2. The quantitative estimate of drug-likeness (QED) is 0.468. The van der Waals surface area contributed by atoms with Crippen molar-refractivity contribution in [3.63, 3.8) is 0 Å². The van der Waals surface area contributed by atoms with Crippen molar-refractivity contribution < 1.29 is 0 Å². The van der Waals surface area contributed by atoms with Crippen molar-refractivity contribution in [2.45, 2.75) is 24.6 Å². The fourth-order valence-corrected chi connectivity index (χ4v) is 7.73. The topological polar surface area (TPSA) is 0 Å². The number of hydrogen-bond donors (Lipinski definition) is 0. The van der Waals surface area contributed by atoms with Crippen LogP contribution in [0.5, 0.6) is 0 Å². The first-order chi connectivity index (χ1) is 11.0. The molecule has 0 aliphatic heterocycles. The maximum Gasteiger partial charge on any atom is 0.0300 e. The van der Waals surface area contributed by atoms with Gasteiger partial charge >= 0.3 is 0 Å². The molecule has 0 N–H and O–H groups in total. The van der Waals surface area contributed by atoms with Gasteiger partial charge in [0.1, 0.15) is 0 Å². The lowest BCUT2D eigenvalue weighted by Crippen LogP contribution is -2.30. The summed E-state index contributed by atoms with van der Waals surface area (Å²) in [7, 11) is 0. The van der Waals surface area contributed by atoms with Crippen LogP contribution in [0.3, 0.4) is 0 Å². The summed E-state index contributed by atoms with van der Waals surface area (Å²) >= 11 is 8.03. The highest BCUT2D eigenvalue weighted by Crippen LogP contribution is 2.70. The molecular formula is C21H20Br2. The Labute approximate surface area is 155 Å². The van der Waals surface area contributed by atoms with Crippen molar-refractivity contribution in [2.75, 3.05) is 0 Å². The van der Waals surface area contributed by atoms with Gasteiger partial charge in [-0.2, -0.15) is 0 Å². The van der Waals surface area contributed by atoms with E-state index in [1.165, 1.54) is 21.2 Å². The second-order valence-corrected chi connectivity index (χ2v) is 9.20. The summed E-state index contributed by atoms with van der Waals surface area (Å²) in [6.45, 7) is 4.87. The van der Waals surface area contributed by atoms with E-state index in [-0.39, 0.29) is 5.41 Å². The molecule has 118 valence electrons. The van der Waals surface area contributed by atoms with Gasteiger partial charge in [-0.15, -0.1) is 0 Å². The van der Waals surface area contributed by atoms with Crippen molar-refractivity contribution in [1.82, 2.24) is 0 Å². The predicted molar refractivity (Wildman–Crippen MR) is 105 cm³/mol. The Hall–Kier alpha value is -0.860. The second kappa shape index (κ2) is 5.60. The van der Waals surface area contributed by atoms with Crippen LogP contribution in [-0.4, -0.2) is 4.83 Å². The largest absolute Gasteiger partial charge is 0.0877 e. The summed E-state index contributed by atoms with van der Waals surface area (Å²) in [5.41, 5.74) is 4.53. The molecular weight excluding hydrogens is 412 g/mol. The van der Waals surface area contributed by atoms with Crippen molar-refractivity contribution in [2.24, 2.45) is 17.3 Å². The maximum atomic E-state index is 4.05. The number of fused-ring (bicyclic) bond motifs is 2. The smallest absolute Gasteiger partial charge is 0.0300 e. The molecule has 23 heavy (non-hydrogen) atoms. The summed E-state index contributed by atoms with van der Waals surface area (Å²) in [5.74, 6) is 1.57. The number of hydrogen-bond acceptors (Lipinski definition) is 0. The van der Waals surface area contributed by atoms with Crippen molar-refractivity contribution in [3.05, 3.63) is 76.3 Å². The molecule has 4 atom stereocenters. The van der Waals surface area contributed by atoms with Gasteiger partial charge in [0.25, 0.3) is 0 Å². The lowest BCUT2D eigenvalue weighted by atomic mass is 9.65. The molecule has 1 fully saturated rings. The van der Waals surface area contributed by atoms with E-state index >= 15 is 0 Å². The monoisotopic (exact) mass is 430 g/mol. The minimum Gasteiger partial charge on any atom is -0.0877 e. The molecule has 1 saturated carbocycles. The van der Waals surface area contributed by atoms with Gasteiger partial charge in [-0.1, -0.05) is 106 Å². The summed E-state index contributed by atoms with van der Waals surface area (Å²) in [5, 5.41) is 0. The second-order valence-electron chi connectivity index (χ2n) is 7.29. The highest BCUT2D eigenvalue weighted by Gasteiger charge is 2.61. The van der Waals surface area contributed by atoms with Crippen LogP contribution in [-0.2, 0) is 0 Å². The Balaban J connectivity index is 1.87. The van der Waals surface area contributed by atoms with E-state index in [9.17, 15) is 0 Å². The average molecular weight is 432 g/mol. The third-order valence-electron chi connectivity index (χ3n) is 5.73. The Kier molecular flexibility index (Phi) is 3.81. The summed E-state index contributed by atoms with van der Waals surface area (Å²) in [4.78, 5) is 0.493. The molecule has 0 heterocycles. The van der Waals surface area contributed by atoms with Crippen LogP contribution >= 0.6 is 31.9 Å². The van der Waals surface area contributed by atoms with E-state index in [1.807, 2.05) is 0 Å². The van der Waals surface area contributed by atoms with Gasteiger partial charge in [0, 0.05) is 21.1 Å². The van der Waals surface area contributed by atoms with Gasteiger partial charge in [0.05, 0.1) is 0 Å². The van der Waals surface area contributed by atoms with E-state index < -0.39 is 0 Å². The zero-order valence-corrected chi connectivity index (χ0v) is 16.5. The first-order valence-electron chi connectivity index (χ1n) is 8.17. The fourth-order valence-electron chi connectivity index (χ4n) is 4.84. The molecule has 2 aromatic carbocycles. The highest BCUT2D eigenvalue weighted by molar-refractivity contribution is 9.12. The lowest BCUT2D eigenvalue weighted by molar-refractivity contribution is 0.263. The summed E-state index contributed by atoms with van der Waals surface area (Å²) in [6.07, 6.45) is 0. The molecule has 4 rings (SSSR count). The van der Waals surface area contributed by atoms with Crippen LogP contribution in [0.2, 0.25) is 0 Å². The van der Waals surface area contributed by atoms with Crippen molar-refractivity contribution in [1.29, 1.82) is 0 Å². The molecule has 0 saturated heterocycles. The van der Waals surface area contributed by atoms with Crippen LogP contribution in [0.15, 0.2) is 65.1 Å². The first kappa shape index (κ1) is 15.7. The molecule has 2 aliphatic carbocycles. The van der Waals surface area contributed by atoms with Crippen molar-refractivity contribution in [3.8, 4) is 0 Å². The molecule has 2 aromatic rings. The van der Waals surface area contributed by atoms with Crippen LogP contribution in [0.1, 0.15) is 30.9 Å².